The maximum Gasteiger partial charge on any atom is 0.237 e. The molecule has 0 bridgehead atoms. The number of amides is 1. The maximum absolute atomic E-state index is 12.5. The fourth-order valence-electron chi connectivity index (χ4n) is 3.13. The molecule has 3 rings (SSSR count). The van der Waals surface area contributed by atoms with Crippen LogP contribution in [0.3, 0.4) is 0 Å². The first-order chi connectivity index (χ1) is 11.1. The highest BCUT2D eigenvalue weighted by molar-refractivity contribution is 7.10. The summed E-state index contributed by atoms with van der Waals surface area (Å²) in [6, 6.07) is 12.1. The molecular weight excluding hydrogens is 328 g/mol. The average Bonchev–Trinajstić information content (AvgIpc) is 3.23. The van der Waals surface area contributed by atoms with Gasteiger partial charge in [-0.3, -0.25) is 9.69 Å². The van der Waals surface area contributed by atoms with Gasteiger partial charge in [0.15, 0.2) is 0 Å². The van der Waals surface area contributed by atoms with Gasteiger partial charge in [0.25, 0.3) is 0 Å². The lowest BCUT2D eigenvalue weighted by Gasteiger charge is -2.29. The number of hydrogen-bond acceptors (Lipinski definition) is 3. The van der Waals surface area contributed by atoms with E-state index in [1.54, 1.807) is 11.3 Å². The third-order valence-corrected chi connectivity index (χ3v) is 5.65. The topological polar surface area (TPSA) is 32.3 Å². The van der Waals surface area contributed by atoms with Crippen molar-refractivity contribution in [2.24, 2.45) is 0 Å². The first kappa shape index (κ1) is 16.5. The zero-order chi connectivity index (χ0) is 16.2. The zero-order valence-corrected chi connectivity index (χ0v) is 14.7. The van der Waals surface area contributed by atoms with Gasteiger partial charge in [0.1, 0.15) is 0 Å². The van der Waals surface area contributed by atoms with Gasteiger partial charge in [0, 0.05) is 22.5 Å². The molecule has 1 aromatic heterocycles. The number of carbonyl (C=O) groups excluding carboxylic acids is 1. The molecule has 2 heterocycles. The molecule has 1 amide bonds. The highest BCUT2D eigenvalue weighted by atomic mass is 35.5. The van der Waals surface area contributed by atoms with Crippen LogP contribution in [0.15, 0.2) is 41.8 Å². The molecule has 0 aliphatic carbocycles. The lowest BCUT2D eigenvalue weighted by molar-refractivity contribution is -0.126. The van der Waals surface area contributed by atoms with Gasteiger partial charge in [-0.05, 0) is 55.5 Å². The molecule has 5 heteroatoms. The van der Waals surface area contributed by atoms with Gasteiger partial charge in [0.05, 0.1) is 6.04 Å². The quantitative estimate of drug-likeness (QED) is 0.876. The average molecular weight is 349 g/mol. The van der Waals surface area contributed by atoms with E-state index in [2.05, 4.69) is 27.7 Å². The van der Waals surface area contributed by atoms with Crippen LogP contribution in [-0.4, -0.2) is 23.4 Å². The molecule has 23 heavy (non-hydrogen) atoms. The molecule has 0 spiro atoms. The van der Waals surface area contributed by atoms with Crippen molar-refractivity contribution in [1.29, 1.82) is 0 Å². The minimum absolute atomic E-state index is 0.0865. The Labute approximate surface area is 146 Å². The van der Waals surface area contributed by atoms with Gasteiger partial charge in [-0.25, -0.2) is 0 Å². The van der Waals surface area contributed by atoms with Crippen LogP contribution in [0.5, 0.6) is 0 Å². The smallest absolute Gasteiger partial charge is 0.237 e. The van der Waals surface area contributed by atoms with Crippen molar-refractivity contribution in [3.8, 4) is 0 Å². The molecule has 0 radical (unpaired) electrons. The summed E-state index contributed by atoms with van der Waals surface area (Å²) in [6.07, 6.45) is 2.28. The molecule has 0 saturated carbocycles. The standard InChI is InChI=1S/C18H21ClN2OS/c1-13(18(22)20-12-14-6-8-15(19)9-7-14)21-10-2-4-16(21)17-5-3-11-23-17/h3,5-9,11,13,16H,2,4,10,12H2,1H3,(H,20,22). The van der Waals surface area contributed by atoms with E-state index >= 15 is 0 Å². The van der Waals surface area contributed by atoms with Crippen molar-refractivity contribution in [2.75, 3.05) is 6.54 Å². The SMILES string of the molecule is CC(C(=O)NCc1ccc(Cl)cc1)N1CCCC1c1cccs1. The molecule has 1 fully saturated rings. The van der Waals surface area contributed by atoms with Crippen LogP contribution in [0.1, 0.15) is 36.2 Å². The summed E-state index contributed by atoms with van der Waals surface area (Å²) >= 11 is 7.66. The van der Waals surface area contributed by atoms with Gasteiger partial charge in [-0.2, -0.15) is 0 Å². The van der Waals surface area contributed by atoms with E-state index < -0.39 is 0 Å². The summed E-state index contributed by atoms with van der Waals surface area (Å²) in [7, 11) is 0. The third-order valence-electron chi connectivity index (χ3n) is 4.42. The Morgan fingerprint density at radius 3 is 2.87 bits per heavy atom. The first-order valence-electron chi connectivity index (χ1n) is 7.96. The summed E-state index contributed by atoms with van der Waals surface area (Å²) in [4.78, 5) is 16.2. The number of carbonyl (C=O) groups is 1. The molecule has 2 atom stereocenters. The molecule has 1 aliphatic heterocycles. The van der Waals surface area contributed by atoms with Crippen molar-refractivity contribution in [3.63, 3.8) is 0 Å². The zero-order valence-electron chi connectivity index (χ0n) is 13.2. The van der Waals surface area contributed by atoms with Gasteiger partial charge in [-0.15, -0.1) is 11.3 Å². The van der Waals surface area contributed by atoms with Crippen molar-refractivity contribution in [3.05, 3.63) is 57.2 Å². The molecule has 1 saturated heterocycles. The lowest BCUT2D eigenvalue weighted by atomic mass is 10.1. The summed E-state index contributed by atoms with van der Waals surface area (Å²) in [5.41, 5.74) is 1.06. The summed E-state index contributed by atoms with van der Waals surface area (Å²) in [5.74, 6) is 0.0865. The van der Waals surface area contributed by atoms with Gasteiger partial charge in [-0.1, -0.05) is 29.8 Å². The number of thiophene rings is 1. The predicted molar refractivity (Wildman–Crippen MR) is 95.8 cm³/mol. The van der Waals surface area contributed by atoms with E-state index in [-0.39, 0.29) is 11.9 Å². The van der Waals surface area contributed by atoms with Gasteiger partial charge >= 0.3 is 0 Å². The van der Waals surface area contributed by atoms with Crippen molar-refractivity contribution in [1.82, 2.24) is 10.2 Å². The highest BCUT2D eigenvalue weighted by Crippen LogP contribution is 2.35. The Balaban J connectivity index is 1.59. The molecule has 2 aromatic rings. The fraction of sp³-hybridized carbons (Fsp3) is 0.389. The number of likely N-dealkylation sites (tertiary alicyclic amines) is 1. The Kier molecular flexibility index (Phi) is 5.36. The molecule has 2 unspecified atom stereocenters. The van der Waals surface area contributed by atoms with Crippen LogP contribution in [0.2, 0.25) is 5.02 Å². The maximum atomic E-state index is 12.5. The second-order valence-corrected chi connectivity index (χ2v) is 7.35. The van der Waals surface area contributed by atoms with Crippen LogP contribution in [0, 0.1) is 0 Å². The number of rotatable bonds is 5. The predicted octanol–water partition coefficient (Wildman–Crippen LogP) is 4.24. The number of hydrogen-bond donors (Lipinski definition) is 1. The molecule has 1 aromatic carbocycles. The van der Waals surface area contributed by atoms with E-state index in [9.17, 15) is 4.79 Å². The minimum atomic E-state index is -0.114. The minimum Gasteiger partial charge on any atom is -0.351 e. The Morgan fingerprint density at radius 2 is 2.17 bits per heavy atom. The van der Waals surface area contributed by atoms with E-state index in [0.29, 0.717) is 17.6 Å². The van der Waals surface area contributed by atoms with E-state index in [0.717, 1.165) is 24.9 Å². The molecule has 122 valence electrons. The summed E-state index contributed by atoms with van der Waals surface area (Å²) < 4.78 is 0. The number of nitrogens with one attached hydrogen (secondary N) is 1. The van der Waals surface area contributed by atoms with Crippen LogP contribution in [0.4, 0.5) is 0 Å². The summed E-state index contributed by atoms with van der Waals surface area (Å²) in [5, 5.41) is 5.86. The highest BCUT2D eigenvalue weighted by Gasteiger charge is 2.33. The van der Waals surface area contributed by atoms with Crippen molar-refractivity contribution in [2.45, 2.75) is 38.4 Å². The van der Waals surface area contributed by atoms with Gasteiger partial charge in [0.2, 0.25) is 5.91 Å². The fourth-order valence-corrected chi connectivity index (χ4v) is 4.14. The van der Waals surface area contributed by atoms with Crippen LogP contribution < -0.4 is 5.32 Å². The van der Waals surface area contributed by atoms with Crippen LogP contribution in [0.25, 0.3) is 0 Å². The van der Waals surface area contributed by atoms with E-state index in [4.69, 9.17) is 11.6 Å². The van der Waals surface area contributed by atoms with Crippen molar-refractivity contribution >= 4 is 28.8 Å². The second-order valence-electron chi connectivity index (χ2n) is 5.93. The molecule has 1 aliphatic rings. The third kappa shape index (κ3) is 3.94. The van der Waals surface area contributed by atoms with Gasteiger partial charge < -0.3 is 5.32 Å². The molecule has 3 nitrogen and oxygen atoms in total. The van der Waals surface area contributed by atoms with Crippen molar-refractivity contribution < 1.29 is 4.79 Å². The number of halogens is 1. The number of nitrogens with zero attached hydrogens (tertiary/aromatic N) is 1. The van der Waals surface area contributed by atoms with Crippen LogP contribution in [-0.2, 0) is 11.3 Å². The number of benzene rings is 1. The van der Waals surface area contributed by atoms with Crippen LogP contribution >= 0.6 is 22.9 Å². The Bertz CT molecular complexity index is 642. The first-order valence-corrected chi connectivity index (χ1v) is 9.22. The monoisotopic (exact) mass is 348 g/mol. The molecule has 1 N–H and O–H groups in total. The normalized spacial score (nSPS) is 19.7. The van der Waals surface area contributed by atoms with E-state index in [1.165, 1.54) is 4.88 Å². The Hall–Kier alpha value is -1.36. The lowest BCUT2D eigenvalue weighted by Crippen LogP contribution is -2.44. The second kappa shape index (κ2) is 7.47. The molecular formula is C18H21ClN2OS. The Morgan fingerprint density at radius 1 is 1.39 bits per heavy atom. The van der Waals surface area contributed by atoms with E-state index in [1.807, 2.05) is 31.2 Å². The summed E-state index contributed by atoms with van der Waals surface area (Å²) in [6.45, 7) is 3.53. The largest absolute Gasteiger partial charge is 0.351 e.